The van der Waals surface area contributed by atoms with Gasteiger partial charge in [-0.25, -0.2) is 0 Å². The first-order valence-corrected chi connectivity index (χ1v) is 8.77. The highest BCUT2D eigenvalue weighted by atomic mass is 16.2. The van der Waals surface area contributed by atoms with Gasteiger partial charge in [0.15, 0.2) is 0 Å². The molecule has 0 aliphatic carbocycles. The second-order valence-corrected chi connectivity index (χ2v) is 6.08. The van der Waals surface area contributed by atoms with Crippen molar-refractivity contribution in [1.29, 1.82) is 0 Å². The molecule has 1 rings (SSSR count). The van der Waals surface area contributed by atoms with Crippen LogP contribution < -0.4 is 5.32 Å². The van der Waals surface area contributed by atoms with Crippen LogP contribution in [0, 0.1) is 0 Å². The van der Waals surface area contributed by atoms with E-state index in [0.29, 0.717) is 19.4 Å². The molecule has 21 heavy (non-hydrogen) atoms. The zero-order valence-corrected chi connectivity index (χ0v) is 13.8. The molecule has 4 nitrogen and oxygen atoms in total. The highest BCUT2D eigenvalue weighted by Crippen LogP contribution is 2.11. The van der Waals surface area contributed by atoms with Crippen LogP contribution in [-0.2, 0) is 9.59 Å². The first-order valence-electron chi connectivity index (χ1n) is 8.77. The van der Waals surface area contributed by atoms with Crippen LogP contribution in [0.5, 0.6) is 0 Å². The SMILES string of the molecule is CCCCCCCCCCN1CCC(=O)NC(CC)C1=O. The topological polar surface area (TPSA) is 49.4 Å². The van der Waals surface area contributed by atoms with E-state index in [2.05, 4.69) is 12.2 Å². The van der Waals surface area contributed by atoms with E-state index in [4.69, 9.17) is 0 Å². The number of carbonyl (C=O) groups excluding carboxylic acids is 2. The molecule has 0 saturated carbocycles. The lowest BCUT2D eigenvalue weighted by Crippen LogP contribution is -2.44. The molecule has 1 N–H and O–H groups in total. The van der Waals surface area contributed by atoms with E-state index in [9.17, 15) is 9.59 Å². The summed E-state index contributed by atoms with van der Waals surface area (Å²) in [5, 5.41) is 2.81. The van der Waals surface area contributed by atoms with Crippen molar-refractivity contribution in [2.45, 2.75) is 84.1 Å². The predicted molar refractivity (Wildman–Crippen MR) is 86.0 cm³/mol. The van der Waals surface area contributed by atoms with Crippen molar-refractivity contribution in [2.75, 3.05) is 13.1 Å². The first kappa shape index (κ1) is 18.0. The van der Waals surface area contributed by atoms with Gasteiger partial charge in [-0.15, -0.1) is 0 Å². The Hall–Kier alpha value is -1.06. The monoisotopic (exact) mass is 296 g/mol. The molecule has 0 aromatic heterocycles. The summed E-state index contributed by atoms with van der Waals surface area (Å²) >= 11 is 0. The van der Waals surface area contributed by atoms with Gasteiger partial charge in [0.25, 0.3) is 0 Å². The summed E-state index contributed by atoms with van der Waals surface area (Å²) < 4.78 is 0. The Balaban J connectivity index is 2.18. The molecule has 1 unspecified atom stereocenters. The number of unbranched alkanes of at least 4 members (excludes halogenated alkanes) is 7. The molecule has 1 fully saturated rings. The van der Waals surface area contributed by atoms with Crippen molar-refractivity contribution in [3.05, 3.63) is 0 Å². The van der Waals surface area contributed by atoms with Crippen LogP contribution in [0.4, 0.5) is 0 Å². The Kier molecular flexibility index (Phi) is 9.11. The molecule has 0 spiro atoms. The summed E-state index contributed by atoms with van der Waals surface area (Å²) in [4.78, 5) is 25.7. The molecule has 1 heterocycles. The summed E-state index contributed by atoms with van der Waals surface area (Å²) in [6.07, 6.45) is 11.3. The lowest BCUT2D eigenvalue weighted by molar-refractivity contribution is -0.133. The van der Waals surface area contributed by atoms with Gasteiger partial charge in [0, 0.05) is 19.5 Å². The van der Waals surface area contributed by atoms with Crippen LogP contribution in [-0.4, -0.2) is 35.8 Å². The van der Waals surface area contributed by atoms with E-state index in [0.717, 1.165) is 13.0 Å². The van der Waals surface area contributed by atoms with Crippen molar-refractivity contribution in [3.63, 3.8) is 0 Å². The molecule has 0 bridgehead atoms. The van der Waals surface area contributed by atoms with Crippen molar-refractivity contribution in [3.8, 4) is 0 Å². The maximum Gasteiger partial charge on any atom is 0.245 e. The quantitative estimate of drug-likeness (QED) is 0.629. The van der Waals surface area contributed by atoms with Crippen LogP contribution in [0.3, 0.4) is 0 Å². The smallest absolute Gasteiger partial charge is 0.245 e. The Morgan fingerprint density at radius 2 is 1.62 bits per heavy atom. The van der Waals surface area contributed by atoms with Crippen LogP contribution in [0.1, 0.15) is 78.1 Å². The molecule has 1 saturated heterocycles. The molecule has 0 aromatic carbocycles. The molecular weight excluding hydrogens is 264 g/mol. The van der Waals surface area contributed by atoms with E-state index in [1.165, 1.54) is 44.9 Å². The van der Waals surface area contributed by atoms with Crippen molar-refractivity contribution >= 4 is 11.8 Å². The molecule has 122 valence electrons. The highest BCUT2D eigenvalue weighted by molar-refractivity contribution is 5.89. The molecule has 4 heteroatoms. The molecule has 1 atom stereocenters. The minimum absolute atomic E-state index is 0.00799. The van der Waals surface area contributed by atoms with Crippen LogP contribution in [0.25, 0.3) is 0 Å². The number of nitrogens with one attached hydrogen (secondary N) is 1. The first-order chi connectivity index (χ1) is 10.2. The number of nitrogens with zero attached hydrogens (tertiary/aromatic N) is 1. The number of hydrogen-bond donors (Lipinski definition) is 1. The average molecular weight is 296 g/mol. The van der Waals surface area contributed by atoms with Gasteiger partial charge in [0.2, 0.25) is 11.8 Å². The van der Waals surface area contributed by atoms with E-state index >= 15 is 0 Å². The summed E-state index contributed by atoms with van der Waals surface area (Å²) in [6, 6.07) is -0.311. The van der Waals surface area contributed by atoms with Gasteiger partial charge in [-0.1, -0.05) is 58.8 Å². The highest BCUT2D eigenvalue weighted by Gasteiger charge is 2.27. The summed E-state index contributed by atoms with van der Waals surface area (Å²) in [5.74, 6) is 0.111. The minimum Gasteiger partial charge on any atom is -0.344 e. The van der Waals surface area contributed by atoms with E-state index in [-0.39, 0.29) is 17.9 Å². The molecule has 2 amide bonds. The zero-order chi connectivity index (χ0) is 15.5. The maximum atomic E-state index is 12.3. The van der Waals surface area contributed by atoms with Crippen LogP contribution in [0.2, 0.25) is 0 Å². The fraction of sp³-hybridized carbons (Fsp3) is 0.882. The van der Waals surface area contributed by atoms with Gasteiger partial charge < -0.3 is 10.2 Å². The van der Waals surface area contributed by atoms with Gasteiger partial charge in [-0.3, -0.25) is 9.59 Å². The van der Waals surface area contributed by atoms with Crippen LogP contribution >= 0.6 is 0 Å². The van der Waals surface area contributed by atoms with Crippen molar-refractivity contribution < 1.29 is 9.59 Å². The molecule has 0 aromatic rings. The van der Waals surface area contributed by atoms with Gasteiger partial charge in [0.1, 0.15) is 6.04 Å². The zero-order valence-electron chi connectivity index (χ0n) is 13.8. The minimum atomic E-state index is -0.311. The fourth-order valence-corrected chi connectivity index (χ4v) is 2.83. The Morgan fingerprint density at radius 3 is 2.24 bits per heavy atom. The lowest BCUT2D eigenvalue weighted by atomic mass is 10.1. The molecule has 1 aliphatic rings. The van der Waals surface area contributed by atoms with E-state index in [1.54, 1.807) is 0 Å². The van der Waals surface area contributed by atoms with Crippen LogP contribution in [0.15, 0.2) is 0 Å². The molecular formula is C17H32N2O2. The number of carbonyl (C=O) groups is 2. The standard InChI is InChI=1S/C17H32N2O2/c1-3-5-6-7-8-9-10-11-13-19-14-12-16(20)18-15(4-2)17(19)21/h15H,3-14H2,1-2H3,(H,18,20). The third kappa shape index (κ3) is 6.96. The number of hydrogen-bond acceptors (Lipinski definition) is 2. The van der Waals surface area contributed by atoms with E-state index in [1.807, 2.05) is 11.8 Å². The Labute approximate surface area is 129 Å². The predicted octanol–water partition coefficient (Wildman–Crippen LogP) is 3.25. The summed E-state index contributed by atoms with van der Waals surface area (Å²) in [6.45, 7) is 5.57. The second-order valence-electron chi connectivity index (χ2n) is 6.08. The third-order valence-electron chi connectivity index (χ3n) is 4.24. The van der Waals surface area contributed by atoms with Gasteiger partial charge >= 0.3 is 0 Å². The number of rotatable bonds is 10. The Bertz CT molecular complexity index is 318. The van der Waals surface area contributed by atoms with Gasteiger partial charge in [-0.2, -0.15) is 0 Å². The molecule has 1 aliphatic heterocycles. The summed E-state index contributed by atoms with van der Waals surface area (Å²) in [7, 11) is 0. The maximum absolute atomic E-state index is 12.3. The van der Waals surface area contributed by atoms with E-state index < -0.39 is 0 Å². The van der Waals surface area contributed by atoms with Crippen molar-refractivity contribution in [2.24, 2.45) is 0 Å². The molecule has 0 radical (unpaired) electrons. The third-order valence-corrected chi connectivity index (χ3v) is 4.24. The summed E-state index contributed by atoms with van der Waals surface area (Å²) in [5.41, 5.74) is 0. The Morgan fingerprint density at radius 1 is 1.00 bits per heavy atom. The van der Waals surface area contributed by atoms with Crippen molar-refractivity contribution in [1.82, 2.24) is 10.2 Å². The number of amides is 2. The fourth-order valence-electron chi connectivity index (χ4n) is 2.83. The normalized spacial score (nSPS) is 19.5. The van der Waals surface area contributed by atoms with Gasteiger partial charge in [-0.05, 0) is 12.8 Å². The largest absolute Gasteiger partial charge is 0.344 e. The average Bonchev–Trinajstić information content (AvgIpc) is 2.62. The van der Waals surface area contributed by atoms with Gasteiger partial charge in [0.05, 0.1) is 0 Å². The second kappa shape index (κ2) is 10.6. The lowest BCUT2D eigenvalue weighted by Gasteiger charge is -2.23.